The highest BCUT2D eigenvalue weighted by Crippen LogP contribution is 2.23. The molecule has 1 saturated heterocycles. The third-order valence-corrected chi connectivity index (χ3v) is 3.58. The van der Waals surface area contributed by atoms with E-state index in [1.807, 2.05) is 20.8 Å². The van der Waals surface area contributed by atoms with Crippen molar-refractivity contribution >= 4 is 12.0 Å². The van der Waals surface area contributed by atoms with E-state index < -0.39 is 5.97 Å². The maximum Gasteiger partial charge on any atom is 0.317 e. The molecule has 1 fully saturated rings. The molecule has 0 saturated carbocycles. The van der Waals surface area contributed by atoms with Crippen molar-refractivity contribution in [1.29, 1.82) is 0 Å². The van der Waals surface area contributed by atoms with Crippen molar-refractivity contribution in [1.82, 2.24) is 10.2 Å². The van der Waals surface area contributed by atoms with Gasteiger partial charge in [-0.05, 0) is 18.3 Å². The van der Waals surface area contributed by atoms with Gasteiger partial charge in [-0.3, -0.25) is 4.79 Å². The first kappa shape index (κ1) is 17.8. The maximum absolute atomic E-state index is 12.3. The Morgan fingerprint density at radius 1 is 1.43 bits per heavy atom. The number of carbonyl (C=O) groups is 2. The molecule has 1 aliphatic heterocycles. The van der Waals surface area contributed by atoms with Gasteiger partial charge in [0.25, 0.3) is 0 Å². The van der Waals surface area contributed by atoms with E-state index in [0.717, 1.165) is 6.42 Å². The number of likely N-dealkylation sites (tertiary alicyclic amines) is 1. The van der Waals surface area contributed by atoms with Crippen molar-refractivity contribution in [2.45, 2.75) is 46.1 Å². The normalized spacial score (nSPS) is 20.4. The van der Waals surface area contributed by atoms with Crippen LogP contribution in [0.1, 0.15) is 40.0 Å². The molecule has 6 nitrogen and oxygen atoms in total. The quantitative estimate of drug-likeness (QED) is 0.786. The van der Waals surface area contributed by atoms with E-state index >= 15 is 0 Å². The van der Waals surface area contributed by atoms with Crippen LogP contribution in [-0.4, -0.2) is 54.9 Å². The molecule has 0 radical (unpaired) electrons. The molecule has 6 heteroatoms. The third-order valence-electron chi connectivity index (χ3n) is 3.58. The number of aliphatic carboxylic acids is 1. The number of methoxy groups -OCH3 is 1. The summed E-state index contributed by atoms with van der Waals surface area (Å²) in [7, 11) is 1.66. The molecule has 122 valence electrons. The van der Waals surface area contributed by atoms with Crippen LogP contribution in [0.15, 0.2) is 0 Å². The molecule has 0 aromatic heterocycles. The Hall–Kier alpha value is -1.30. The second-order valence-electron chi connectivity index (χ2n) is 7.07. The van der Waals surface area contributed by atoms with Gasteiger partial charge in [0, 0.05) is 32.2 Å². The lowest BCUT2D eigenvalue weighted by Gasteiger charge is -2.28. The minimum atomic E-state index is -0.886. The molecular formula is C15H28N2O4. The van der Waals surface area contributed by atoms with Gasteiger partial charge < -0.3 is 20.1 Å². The Morgan fingerprint density at radius 3 is 2.62 bits per heavy atom. The fourth-order valence-corrected chi connectivity index (χ4v) is 2.78. The molecule has 2 N–H and O–H groups in total. The fourth-order valence-electron chi connectivity index (χ4n) is 2.78. The molecule has 2 unspecified atom stereocenters. The van der Waals surface area contributed by atoms with Crippen molar-refractivity contribution < 1.29 is 19.4 Å². The monoisotopic (exact) mass is 300 g/mol. The predicted octanol–water partition coefficient (Wildman–Crippen LogP) is 1.94. The fraction of sp³-hybridized carbons (Fsp3) is 0.867. The molecule has 1 rings (SSSR count). The van der Waals surface area contributed by atoms with Gasteiger partial charge in [-0.25, -0.2) is 4.79 Å². The number of carboxylic acid groups (broad SMARTS) is 1. The van der Waals surface area contributed by atoms with Crippen LogP contribution in [0.5, 0.6) is 0 Å². The zero-order valence-electron chi connectivity index (χ0n) is 13.5. The van der Waals surface area contributed by atoms with E-state index in [0.29, 0.717) is 32.0 Å². The summed E-state index contributed by atoms with van der Waals surface area (Å²) in [6.07, 6.45) is 1.53. The molecule has 0 spiro atoms. The number of nitrogens with zero attached hydrogens (tertiary/aromatic N) is 1. The molecule has 1 aliphatic rings. The third kappa shape index (κ3) is 6.80. The number of amides is 2. The summed E-state index contributed by atoms with van der Waals surface area (Å²) in [5.41, 5.74) is -0.0308. The molecule has 2 atom stereocenters. The second kappa shape index (κ2) is 7.64. The van der Waals surface area contributed by atoms with Crippen molar-refractivity contribution in [2.75, 3.05) is 26.8 Å². The summed E-state index contributed by atoms with van der Waals surface area (Å²) in [6, 6.07) is -0.499. The van der Waals surface area contributed by atoms with Crippen molar-refractivity contribution in [2.24, 2.45) is 11.3 Å². The SMILES string of the molecule is COCC1CCN(C(=O)NC(CC(=O)O)CC(C)(C)C)C1. The standard InChI is InChI=1S/C15H28N2O4/c1-15(2,3)8-12(7-13(18)19)16-14(20)17-6-5-11(9-17)10-21-4/h11-12H,5-10H2,1-4H3,(H,16,20)(H,18,19). The number of urea groups is 1. The Balaban J connectivity index is 2.53. The van der Waals surface area contributed by atoms with E-state index in [-0.39, 0.29) is 23.9 Å². The van der Waals surface area contributed by atoms with E-state index in [4.69, 9.17) is 9.84 Å². The van der Waals surface area contributed by atoms with Crippen LogP contribution < -0.4 is 5.32 Å². The van der Waals surface area contributed by atoms with Gasteiger partial charge in [0.2, 0.25) is 0 Å². The zero-order chi connectivity index (χ0) is 16.0. The average Bonchev–Trinajstić information content (AvgIpc) is 2.74. The lowest BCUT2D eigenvalue weighted by Crippen LogP contribution is -2.46. The molecule has 0 aliphatic carbocycles. The van der Waals surface area contributed by atoms with Crippen LogP contribution in [0.2, 0.25) is 0 Å². The Bertz CT molecular complexity index is 365. The topological polar surface area (TPSA) is 78.9 Å². The van der Waals surface area contributed by atoms with Gasteiger partial charge in [-0.15, -0.1) is 0 Å². The van der Waals surface area contributed by atoms with Gasteiger partial charge in [0.05, 0.1) is 13.0 Å². The van der Waals surface area contributed by atoms with Gasteiger partial charge in [-0.1, -0.05) is 20.8 Å². The molecule has 21 heavy (non-hydrogen) atoms. The zero-order valence-corrected chi connectivity index (χ0v) is 13.5. The first-order valence-corrected chi connectivity index (χ1v) is 7.47. The van der Waals surface area contributed by atoms with Crippen LogP contribution in [0, 0.1) is 11.3 Å². The van der Waals surface area contributed by atoms with Gasteiger partial charge in [-0.2, -0.15) is 0 Å². The number of ether oxygens (including phenoxy) is 1. The number of nitrogens with one attached hydrogen (secondary N) is 1. The van der Waals surface area contributed by atoms with E-state index in [2.05, 4.69) is 5.32 Å². The molecule has 2 amide bonds. The highest BCUT2D eigenvalue weighted by Gasteiger charge is 2.29. The largest absolute Gasteiger partial charge is 0.481 e. The minimum Gasteiger partial charge on any atom is -0.481 e. The molecule has 1 heterocycles. The number of hydrogen-bond acceptors (Lipinski definition) is 3. The summed E-state index contributed by atoms with van der Waals surface area (Å²) in [6.45, 7) is 8.16. The van der Waals surface area contributed by atoms with Crippen LogP contribution in [0.4, 0.5) is 4.79 Å². The van der Waals surface area contributed by atoms with Gasteiger partial charge >= 0.3 is 12.0 Å². The average molecular weight is 300 g/mol. The molecule has 0 bridgehead atoms. The first-order valence-electron chi connectivity index (χ1n) is 7.47. The Labute approximate surface area is 126 Å². The highest BCUT2D eigenvalue weighted by atomic mass is 16.5. The van der Waals surface area contributed by atoms with Crippen LogP contribution in [0.3, 0.4) is 0 Å². The lowest BCUT2D eigenvalue weighted by molar-refractivity contribution is -0.137. The minimum absolute atomic E-state index is 0.0308. The van der Waals surface area contributed by atoms with E-state index in [1.165, 1.54) is 0 Å². The summed E-state index contributed by atoms with van der Waals surface area (Å²) in [4.78, 5) is 25.0. The van der Waals surface area contributed by atoms with Gasteiger partial charge in [0.15, 0.2) is 0 Å². The van der Waals surface area contributed by atoms with Crippen molar-refractivity contribution in [3.63, 3.8) is 0 Å². The molecular weight excluding hydrogens is 272 g/mol. The number of carboxylic acids is 1. The second-order valence-corrected chi connectivity index (χ2v) is 7.07. The summed E-state index contributed by atoms with van der Waals surface area (Å²) in [5, 5.41) is 11.9. The predicted molar refractivity (Wildman–Crippen MR) is 80.2 cm³/mol. The van der Waals surface area contributed by atoms with Crippen LogP contribution >= 0.6 is 0 Å². The summed E-state index contributed by atoms with van der Waals surface area (Å²) >= 11 is 0. The van der Waals surface area contributed by atoms with Crippen molar-refractivity contribution in [3.05, 3.63) is 0 Å². The first-order chi connectivity index (χ1) is 9.71. The van der Waals surface area contributed by atoms with Gasteiger partial charge in [0.1, 0.15) is 0 Å². The summed E-state index contributed by atoms with van der Waals surface area (Å²) < 4.78 is 5.12. The molecule has 0 aromatic rings. The van der Waals surface area contributed by atoms with E-state index in [1.54, 1.807) is 12.0 Å². The maximum atomic E-state index is 12.3. The Morgan fingerprint density at radius 2 is 2.10 bits per heavy atom. The van der Waals surface area contributed by atoms with Crippen LogP contribution in [-0.2, 0) is 9.53 Å². The highest BCUT2D eigenvalue weighted by molar-refractivity contribution is 5.76. The van der Waals surface area contributed by atoms with E-state index in [9.17, 15) is 9.59 Å². The van der Waals surface area contributed by atoms with Crippen molar-refractivity contribution in [3.8, 4) is 0 Å². The smallest absolute Gasteiger partial charge is 0.317 e. The lowest BCUT2D eigenvalue weighted by atomic mass is 9.87. The van der Waals surface area contributed by atoms with Crippen LogP contribution in [0.25, 0.3) is 0 Å². The number of hydrogen-bond donors (Lipinski definition) is 2. The molecule has 0 aromatic carbocycles. The number of rotatable bonds is 6. The number of carbonyl (C=O) groups excluding carboxylic acids is 1. The Kier molecular flexibility index (Phi) is 6.45. The summed E-state index contributed by atoms with van der Waals surface area (Å²) in [5.74, 6) is -0.510.